The second kappa shape index (κ2) is 4.78. The van der Waals surface area contributed by atoms with Gasteiger partial charge in [0.25, 0.3) is 0 Å². The number of carbonyl (C=O) groups excluding carboxylic acids is 1. The number of anilines is 1. The fraction of sp³-hybridized carbons (Fsp3) is 0. The van der Waals surface area contributed by atoms with Gasteiger partial charge in [-0.3, -0.25) is 4.79 Å². The van der Waals surface area contributed by atoms with Crippen LogP contribution in [0.3, 0.4) is 0 Å². The normalized spacial score (nSPS) is 10.2. The highest BCUT2D eigenvalue weighted by Gasteiger charge is 2.10. The highest BCUT2D eigenvalue weighted by Crippen LogP contribution is 2.24. The lowest BCUT2D eigenvalue weighted by Gasteiger charge is -2.03. The topological polar surface area (TPSA) is 43.1 Å². The summed E-state index contributed by atoms with van der Waals surface area (Å²) < 4.78 is 0. The summed E-state index contributed by atoms with van der Waals surface area (Å²) in [5.41, 5.74) is 7.20. The Morgan fingerprint density at radius 3 is 2.29 bits per heavy atom. The Labute approximate surface area is 109 Å². The van der Waals surface area contributed by atoms with Crippen LogP contribution < -0.4 is 5.73 Å². The molecule has 0 unspecified atom stereocenters. The Morgan fingerprint density at radius 1 is 0.941 bits per heavy atom. The maximum atomic E-state index is 12.1. The SMILES string of the molecule is Nc1cccc(C(=O)c2ccc(Cl)c(Cl)c2)c1. The van der Waals surface area contributed by atoms with Gasteiger partial charge in [-0.1, -0.05) is 35.3 Å². The van der Waals surface area contributed by atoms with Gasteiger partial charge in [0.15, 0.2) is 5.78 Å². The number of hydrogen-bond acceptors (Lipinski definition) is 2. The highest BCUT2D eigenvalue weighted by molar-refractivity contribution is 6.42. The van der Waals surface area contributed by atoms with Crippen LogP contribution in [-0.2, 0) is 0 Å². The fourth-order valence-corrected chi connectivity index (χ4v) is 1.78. The van der Waals surface area contributed by atoms with Crippen molar-refractivity contribution in [3.05, 3.63) is 63.6 Å². The monoisotopic (exact) mass is 265 g/mol. The molecule has 0 aromatic heterocycles. The zero-order valence-corrected chi connectivity index (χ0v) is 10.3. The van der Waals surface area contributed by atoms with E-state index in [0.717, 1.165) is 0 Å². The molecule has 0 spiro atoms. The standard InChI is InChI=1S/C13H9Cl2NO/c14-11-5-4-9(7-12(11)15)13(17)8-2-1-3-10(16)6-8/h1-7H,16H2. The maximum Gasteiger partial charge on any atom is 0.193 e. The van der Waals surface area contributed by atoms with Gasteiger partial charge in [-0.2, -0.15) is 0 Å². The Morgan fingerprint density at radius 2 is 1.65 bits per heavy atom. The molecule has 0 saturated carbocycles. The van der Waals surface area contributed by atoms with Crippen molar-refractivity contribution in [3.8, 4) is 0 Å². The Kier molecular flexibility index (Phi) is 3.36. The average Bonchev–Trinajstić information content (AvgIpc) is 2.32. The van der Waals surface area contributed by atoms with Gasteiger partial charge in [-0.15, -0.1) is 0 Å². The predicted octanol–water partition coefficient (Wildman–Crippen LogP) is 3.81. The summed E-state index contributed by atoms with van der Waals surface area (Å²) in [6.07, 6.45) is 0. The largest absolute Gasteiger partial charge is 0.399 e. The first kappa shape index (κ1) is 12.0. The second-order valence-corrected chi connectivity index (χ2v) is 4.40. The van der Waals surface area contributed by atoms with Crippen LogP contribution in [0.15, 0.2) is 42.5 Å². The second-order valence-electron chi connectivity index (χ2n) is 3.58. The zero-order chi connectivity index (χ0) is 12.4. The smallest absolute Gasteiger partial charge is 0.193 e. The number of halogens is 2. The quantitative estimate of drug-likeness (QED) is 0.663. The van der Waals surface area contributed by atoms with Crippen LogP contribution in [-0.4, -0.2) is 5.78 Å². The van der Waals surface area contributed by atoms with Gasteiger partial charge in [-0.05, 0) is 30.3 Å². The third kappa shape index (κ3) is 2.60. The van der Waals surface area contributed by atoms with Gasteiger partial charge in [0, 0.05) is 16.8 Å². The number of nitrogens with two attached hydrogens (primary N) is 1. The van der Waals surface area contributed by atoms with Crippen molar-refractivity contribution >= 4 is 34.7 Å². The number of hydrogen-bond donors (Lipinski definition) is 1. The van der Waals surface area contributed by atoms with E-state index < -0.39 is 0 Å². The first-order chi connectivity index (χ1) is 8.08. The Bertz CT molecular complexity index is 581. The van der Waals surface area contributed by atoms with Crippen molar-refractivity contribution in [2.45, 2.75) is 0 Å². The van der Waals surface area contributed by atoms with Crippen molar-refractivity contribution in [1.82, 2.24) is 0 Å². The Balaban J connectivity index is 2.40. The number of nitrogen functional groups attached to an aromatic ring is 1. The molecule has 2 N–H and O–H groups in total. The molecule has 17 heavy (non-hydrogen) atoms. The van der Waals surface area contributed by atoms with Crippen molar-refractivity contribution in [2.24, 2.45) is 0 Å². The molecule has 0 aliphatic rings. The third-order valence-corrected chi connectivity index (χ3v) is 3.07. The van der Waals surface area contributed by atoms with E-state index in [9.17, 15) is 4.79 Å². The molecular formula is C13H9Cl2NO. The van der Waals surface area contributed by atoms with Crippen LogP contribution >= 0.6 is 23.2 Å². The van der Waals surface area contributed by atoms with Crippen LogP contribution in [0, 0.1) is 0 Å². The molecule has 0 aliphatic heterocycles. The molecule has 2 aromatic carbocycles. The summed E-state index contributed by atoms with van der Waals surface area (Å²) in [7, 11) is 0. The average molecular weight is 266 g/mol. The van der Waals surface area contributed by atoms with Crippen LogP contribution in [0.5, 0.6) is 0 Å². The van der Waals surface area contributed by atoms with Crippen molar-refractivity contribution in [2.75, 3.05) is 5.73 Å². The van der Waals surface area contributed by atoms with E-state index in [1.165, 1.54) is 0 Å². The van der Waals surface area contributed by atoms with E-state index in [2.05, 4.69) is 0 Å². The number of ketones is 1. The molecule has 0 bridgehead atoms. The number of carbonyl (C=O) groups is 1. The molecule has 2 aromatic rings. The molecule has 0 fully saturated rings. The first-order valence-corrected chi connectivity index (χ1v) is 5.69. The molecule has 0 heterocycles. The van der Waals surface area contributed by atoms with Gasteiger partial charge >= 0.3 is 0 Å². The minimum atomic E-state index is -0.129. The summed E-state index contributed by atoms with van der Waals surface area (Å²) in [4.78, 5) is 12.1. The van der Waals surface area contributed by atoms with Gasteiger partial charge < -0.3 is 5.73 Å². The summed E-state index contributed by atoms with van der Waals surface area (Å²) in [5, 5.41) is 0.789. The van der Waals surface area contributed by atoms with Crippen molar-refractivity contribution < 1.29 is 4.79 Å². The molecule has 0 atom stereocenters. The molecule has 0 aliphatic carbocycles. The lowest BCUT2D eigenvalue weighted by Crippen LogP contribution is -2.01. The van der Waals surface area contributed by atoms with Gasteiger partial charge in [0.05, 0.1) is 10.0 Å². The fourth-order valence-electron chi connectivity index (χ4n) is 1.48. The van der Waals surface area contributed by atoms with Crippen molar-refractivity contribution in [3.63, 3.8) is 0 Å². The molecule has 0 amide bonds. The number of benzene rings is 2. The maximum absolute atomic E-state index is 12.1. The molecule has 86 valence electrons. The summed E-state index contributed by atoms with van der Waals surface area (Å²) >= 11 is 11.7. The van der Waals surface area contributed by atoms with Gasteiger partial charge in [0.2, 0.25) is 0 Å². The van der Waals surface area contributed by atoms with E-state index in [1.807, 2.05) is 0 Å². The van der Waals surface area contributed by atoms with Crippen LogP contribution in [0.4, 0.5) is 5.69 Å². The highest BCUT2D eigenvalue weighted by atomic mass is 35.5. The molecule has 4 heteroatoms. The molecule has 2 nitrogen and oxygen atoms in total. The van der Waals surface area contributed by atoms with Crippen LogP contribution in [0.2, 0.25) is 10.0 Å². The lowest BCUT2D eigenvalue weighted by molar-refractivity contribution is 0.103. The van der Waals surface area contributed by atoms with Crippen LogP contribution in [0.25, 0.3) is 0 Å². The van der Waals surface area contributed by atoms with Crippen molar-refractivity contribution in [1.29, 1.82) is 0 Å². The van der Waals surface area contributed by atoms with E-state index in [0.29, 0.717) is 26.9 Å². The van der Waals surface area contributed by atoms with E-state index >= 15 is 0 Å². The lowest BCUT2D eigenvalue weighted by atomic mass is 10.0. The zero-order valence-electron chi connectivity index (χ0n) is 8.78. The molecule has 0 radical (unpaired) electrons. The van der Waals surface area contributed by atoms with Gasteiger partial charge in [0.1, 0.15) is 0 Å². The molecule has 0 saturated heterocycles. The van der Waals surface area contributed by atoms with E-state index in [-0.39, 0.29) is 5.78 Å². The minimum Gasteiger partial charge on any atom is -0.399 e. The summed E-state index contributed by atoms with van der Waals surface area (Å²) in [5.74, 6) is -0.129. The minimum absolute atomic E-state index is 0.129. The third-order valence-electron chi connectivity index (χ3n) is 2.33. The summed E-state index contributed by atoms with van der Waals surface area (Å²) in [6, 6.07) is 11.6. The number of rotatable bonds is 2. The Hall–Kier alpha value is -1.51. The molecule has 2 rings (SSSR count). The predicted molar refractivity (Wildman–Crippen MR) is 70.7 cm³/mol. The first-order valence-electron chi connectivity index (χ1n) is 4.93. The van der Waals surface area contributed by atoms with Gasteiger partial charge in [-0.25, -0.2) is 0 Å². The van der Waals surface area contributed by atoms with E-state index in [1.54, 1.807) is 42.5 Å². The molecular weight excluding hydrogens is 257 g/mol. The van der Waals surface area contributed by atoms with E-state index in [4.69, 9.17) is 28.9 Å². The van der Waals surface area contributed by atoms with Crippen LogP contribution in [0.1, 0.15) is 15.9 Å². The summed E-state index contributed by atoms with van der Waals surface area (Å²) in [6.45, 7) is 0.